The largest absolute Gasteiger partial charge is 0.448 e. The summed E-state index contributed by atoms with van der Waals surface area (Å²) in [5.41, 5.74) is 1.18. The molecule has 0 aliphatic rings. The number of hydrogen-bond donors (Lipinski definition) is 0. The van der Waals surface area contributed by atoms with Crippen molar-refractivity contribution in [2.45, 2.75) is 11.0 Å². The molecule has 0 saturated carbocycles. The van der Waals surface area contributed by atoms with Gasteiger partial charge in [0.15, 0.2) is 6.10 Å². The number of esters is 1. The molecule has 0 aliphatic carbocycles. The molecule has 4 aromatic carbocycles. The number of carbonyl (C=O) groups is 2. The van der Waals surface area contributed by atoms with Crippen LogP contribution in [0.4, 0.5) is 0 Å². The van der Waals surface area contributed by atoms with Gasteiger partial charge in [0.25, 0.3) is 0 Å². The molecule has 4 heteroatoms. The van der Waals surface area contributed by atoms with E-state index >= 15 is 0 Å². The third-order valence-corrected chi connectivity index (χ3v) is 5.69. The van der Waals surface area contributed by atoms with Crippen molar-refractivity contribution < 1.29 is 14.3 Å². The van der Waals surface area contributed by atoms with Gasteiger partial charge in [0, 0.05) is 16.0 Å². The molecule has 1 atom stereocenters. The van der Waals surface area contributed by atoms with Gasteiger partial charge < -0.3 is 4.74 Å². The number of ketones is 1. The minimum atomic E-state index is -0.960. The van der Waals surface area contributed by atoms with E-state index in [4.69, 9.17) is 4.74 Å². The van der Waals surface area contributed by atoms with Crippen LogP contribution in [0.1, 0.15) is 22.0 Å². The highest BCUT2D eigenvalue weighted by Gasteiger charge is 2.26. The van der Waals surface area contributed by atoms with Crippen LogP contribution in [0.2, 0.25) is 0 Å². The van der Waals surface area contributed by atoms with Crippen molar-refractivity contribution in [3.63, 3.8) is 0 Å². The van der Waals surface area contributed by atoms with Crippen LogP contribution in [-0.2, 0) is 9.53 Å². The summed E-state index contributed by atoms with van der Waals surface area (Å²) >= 11 is 1.40. The van der Waals surface area contributed by atoms with Crippen molar-refractivity contribution in [3.05, 3.63) is 114 Å². The summed E-state index contributed by atoms with van der Waals surface area (Å²) in [6.45, 7) is 0. The van der Waals surface area contributed by atoms with Crippen molar-refractivity contribution in [1.82, 2.24) is 0 Å². The van der Waals surface area contributed by atoms with Gasteiger partial charge >= 0.3 is 5.97 Å². The number of hydrogen-bond acceptors (Lipinski definition) is 4. The van der Waals surface area contributed by atoms with Crippen molar-refractivity contribution in [2.75, 3.05) is 5.75 Å². The smallest absolute Gasteiger partial charge is 0.317 e. The molecule has 0 heterocycles. The SMILES string of the molecule is O=C(CSc1ccc2ccccc2c1)OC(C(=O)c1ccccc1)c1ccccc1. The molecule has 1 unspecified atom stereocenters. The van der Waals surface area contributed by atoms with Crippen molar-refractivity contribution in [3.8, 4) is 0 Å². The van der Waals surface area contributed by atoms with Gasteiger partial charge in [-0.15, -0.1) is 11.8 Å². The van der Waals surface area contributed by atoms with E-state index in [9.17, 15) is 9.59 Å². The topological polar surface area (TPSA) is 43.4 Å². The standard InChI is InChI=1S/C26H20O3S/c27-24(18-30-23-16-15-19-9-7-8-14-22(19)17-23)29-26(21-12-5-2-6-13-21)25(28)20-10-3-1-4-11-20/h1-17,26H,18H2. The van der Waals surface area contributed by atoms with Gasteiger partial charge in [0.1, 0.15) is 0 Å². The van der Waals surface area contributed by atoms with Crippen LogP contribution in [0, 0.1) is 0 Å². The maximum atomic E-state index is 13.0. The predicted molar refractivity (Wildman–Crippen MR) is 121 cm³/mol. The van der Waals surface area contributed by atoms with Gasteiger partial charge in [-0.2, -0.15) is 0 Å². The summed E-state index contributed by atoms with van der Waals surface area (Å²) in [5.74, 6) is -0.527. The Bertz CT molecular complexity index is 1160. The van der Waals surface area contributed by atoms with Crippen LogP contribution < -0.4 is 0 Å². The zero-order valence-electron chi connectivity index (χ0n) is 16.2. The van der Waals surface area contributed by atoms with Crippen LogP contribution in [-0.4, -0.2) is 17.5 Å². The van der Waals surface area contributed by atoms with Crippen molar-refractivity contribution >= 4 is 34.3 Å². The molecule has 148 valence electrons. The van der Waals surface area contributed by atoms with E-state index in [0.29, 0.717) is 11.1 Å². The summed E-state index contributed by atoms with van der Waals surface area (Å²) in [6.07, 6.45) is -0.960. The van der Waals surface area contributed by atoms with Gasteiger partial charge in [0.05, 0.1) is 5.75 Å². The van der Waals surface area contributed by atoms with Crippen molar-refractivity contribution in [2.24, 2.45) is 0 Å². The van der Waals surface area contributed by atoms with E-state index < -0.39 is 12.1 Å². The van der Waals surface area contributed by atoms with E-state index in [2.05, 4.69) is 12.1 Å². The summed E-state index contributed by atoms with van der Waals surface area (Å²) in [4.78, 5) is 26.6. The Labute approximate surface area is 179 Å². The first-order chi connectivity index (χ1) is 14.7. The summed E-state index contributed by atoms with van der Waals surface area (Å²) in [7, 11) is 0. The first-order valence-electron chi connectivity index (χ1n) is 9.66. The second kappa shape index (κ2) is 9.42. The highest BCUT2D eigenvalue weighted by molar-refractivity contribution is 8.00. The Kier molecular flexibility index (Phi) is 6.26. The third-order valence-electron chi connectivity index (χ3n) is 4.73. The fourth-order valence-electron chi connectivity index (χ4n) is 3.22. The van der Waals surface area contributed by atoms with Crippen LogP contribution in [0.3, 0.4) is 0 Å². The number of Topliss-reactive ketones (excluding diaryl/α,β-unsaturated/α-hetero) is 1. The molecule has 3 nitrogen and oxygen atoms in total. The Morgan fingerprint density at radius 1 is 0.733 bits per heavy atom. The average Bonchev–Trinajstić information content (AvgIpc) is 2.82. The Morgan fingerprint density at radius 3 is 2.10 bits per heavy atom. The fraction of sp³-hybridized carbons (Fsp3) is 0.0769. The molecule has 4 aromatic rings. The molecule has 0 radical (unpaired) electrons. The van der Waals surface area contributed by atoms with E-state index in [1.54, 1.807) is 36.4 Å². The van der Waals surface area contributed by atoms with E-state index in [1.807, 2.05) is 54.6 Å². The number of carbonyl (C=O) groups excluding carboxylic acids is 2. The Morgan fingerprint density at radius 2 is 1.37 bits per heavy atom. The molecule has 0 saturated heterocycles. The first kappa shape index (κ1) is 19.9. The Hall–Kier alpha value is -3.37. The molecule has 4 rings (SSSR count). The fourth-order valence-corrected chi connectivity index (χ4v) is 3.95. The average molecular weight is 413 g/mol. The normalized spacial score (nSPS) is 11.7. The molecule has 30 heavy (non-hydrogen) atoms. The van der Waals surface area contributed by atoms with Gasteiger partial charge in [-0.1, -0.05) is 91.0 Å². The van der Waals surface area contributed by atoms with Gasteiger partial charge in [0.2, 0.25) is 5.78 Å². The van der Waals surface area contributed by atoms with E-state index in [-0.39, 0.29) is 11.5 Å². The zero-order chi connectivity index (χ0) is 20.8. The third kappa shape index (κ3) is 4.78. The lowest BCUT2D eigenvalue weighted by Gasteiger charge is -2.17. The molecule has 0 fully saturated rings. The predicted octanol–water partition coefficient (Wildman–Crippen LogP) is 6.10. The quantitative estimate of drug-likeness (QED) is 0.209. The number of rotatable bonds is 7. The maximum absolute atomic E-state index is 13.0. The summed E-state index contributed by atoms with van der Waals surface area (Å²) < 4.78 is 5.65. The first-order valence-corrected chi connectivity index (χ1v) is 10.6. The monoisotopic (exact) mass is 412 g/mol. The summed E-state index contributed by atoms with van der Waals surface area (Å²) in [6, 6.07) is 32.2. The van der Waals surface area contributed by atoms with E-state index in [1.165, 1.54) is 11.8 Å². The summed E-state index contributed by atoms with van der Waals surface area (Å²) in [5, 5.41) is 2.28. The van der Waals surface area contributed by atoms with E-state index in [0.717, 1.165) is 15.7 Å². The number of ether oxygens (including phenoxy) is 1. The molecule has 0 bridgehead atoms. The molecule has 0 spiro atoms. The minimum Gasteiger partial charge on any atom is -0.448 e. The molecular formula is C26H20O3S. The van der Waals surface area contributed by atoms with Gasteiger partial charge in [-0.05, 0) is 22.9 Å². The maximum Gasteiger partial charge on any atom is 0.317 e. The van der Waals surface area contributed by atoms with Gasteiger partial charge in [-0.25, -0.2) is 0 Å². The zero-order valence-corrected chi connectivity index (χ0v) is 17.0. The number of fused-ring (bicyclic) bond motifs is 1. The van der Waals surface area contributed by atoms with Gasteiger partial charge in [-0.3, -0.25) is 9.59 Å². The van der Waals surface area contributed by atoms with Crippen molar-refractivity contribution in [1.29, 1.82) is 0 Å². The lowest BCUT2D eigenvalue weighted by Crippen LogP contribution is -2.21. The molecule has 0 aliphatic heterocycles. The number of benzene rings is 4. The second-order valence-electron chi connectivity index (χ2n) is 6.81. The highest BCUT2D eigenvalue weighted by atomic mass is 32.2. The minimum absolute atomic E-state index is 0.129. The molecule has 0 N–H and O–H groups in total. The highest BCUT2D eigenvalue weighted by Crippen LogP contribution is 2.26. The van der Waals surface area contributed by atoms with Crippen LogP contribution >= 0.6 is 11.8 Å². The number of thioether (sulfide) groups is 1. The molecular weight excluding hydrogens is 392 g/mol. The lowest BCUT2D eigenvalue weighted by atomic mass is 10.00. The second-order valence-corrected chi connectivity index (χ2v) is 7.86. The van der Waals surface area contributed by atoms with Crippen LogP contribution in [0.25, 0.3) is 10.8 Å². The van der Waals surface area contributed by atoms with Crippen LogP contribution in [0.15, 0.2) is 108 Å². The lowest BCUT2D eigenvalue weighted by molar-refractivity contribution is -0.144. The Balaban J connectivity index is 1.48. The molecule has 0 amide bonds. The molecule has 0 aromatic heterocycles. The van der Waals surface area contributed by atoms with Crippen LogP contribution in [0.5, 0.6) is 0 Å².